The first-order chi connectivity index (χ1) is 9.88. The summed E-state index contributed by atoms with van der Waals surface area (Å²) in [6, 6.07) is 11.4. The Hall–Kier alpha value is -2.18. The number of aromatic carboxylic acids is 1. The van der Waals surface area contributed by atoms with Crippen molar-refractivity contribution < 1.29 is 18.3 Å². The molecule has 0 aromatic heterocycles. The predicted molar refractivity (Wildman–Crippen MR) is 79.6 cm³/mol. The second-order valence-electron chi connectivity index (χ2n) is 4.09. The van der Waals surface area contributed by atoms with Gasteiger partial charge in [0.05, 0.1) is 10.5 Å². The molecule has 21 heavy (non-hydrogen) atoms. The molecule has 0 aliphatic heterocycles. The number of halogens is 1. The van der Waals surface area contributed by atoms with Crippen LogP contribution in [0, 0.1) is 0 Å². The summed E-state index contributed by atoms with van der Waals surface area (Å²) < 4.78 is 27.5. The highest BCUT2D eigenvalue weighted by Gasteiger charge is 2.12. The van der Waals surface area contributed by atoms with Crippen LogP contribution in [-0.2, 0) is 10.0 Å². The number of nitrogens with zero attached hydrogens (tertiary/aromatic N) is 1. The average molecular weight is 324 g/mol. The zero-order chi connectivity index (χ0) is 15.5. The van der Waals surface area contributed by atoms with Crippen molar-refractivity contribution in [1.82, 2.24) is 0 Å². The van der Waals surface area contributed by atoms with Gasteiger partial charge in [0.2, 0.25) is 0 Å². The lowest BCUT2D eigenvalue weighted by molar-refractivity contribution is 0.0696. The van der Waals surface area contributed by atoms with Crippen molar-refractivity contribution in [3.63, 3.8) is 0 Å². The van der Waals surface area contributed by atoms with E-state index in [-0.39, 0.29) is 10.5 Å². The Morgan fingerprint density at radius 1 is 1.05 bits per heavy atom. The Labute approximate surface area is 126 Å². The zero-order valence-electron chi connectivity index (χ0n) is 10.6. The molecule has 0 bridgehead atoms. The van der Waals surface area contributed by atoms with E-state index in [1.807, 2.05) is 0 Å². The van der Waals surface area contributed by atoms with Crippen LogP contribution >= 0.6 is 11.6 Å². The van der Waals surface area contributed by atoms with Gasteiger partial charge in [0.25, 0.3) is 10.0 Å². The van der Waals surface area contributed by atoms with Gasteiger partial charge in [-0.2, -0.15) is 12.8 Å². The smallest absolute Gasteiger partial charge is 0.335 e. The Balaban J connectivity index is 2.25. The predicted octanol–water partition coefficient (Wildman–Crippen LogP) is 2.85. The van der Waals surface area contributed by atoms with Crippen LogP contribution in [0.15, 0.2) is 57.8 Å². The minimum absolute atomic E-state index is 0.00984. The van der Waals surface area contributed by atoms with Gasteiger partial charge < -0.3 is 5.11 Å². The largest absolute Gasteiger partial charge is 0.478 e. The fourth-order valence-corrected chi connectivity index (χ4v) is 2.50. The summed E-state index contributed by atoms with van der Waals surface area (Å²) in [6.07, 6.45) is 1.21. The highest BCUT2D eigenvalue weighted by atomic mass is 35.5. The molecule has 108 valence electrons. The van der Waals surface area contributed by atoms with Gasteiger partial charge in [-0.25, -0.2) is 4.79 Å². The van der Waals surface area contributed by atoms with Crippen molar-refractivity contribution in [2.45, 2.75) is 4.90 Å². The molecule has 7 heteroatoms. The monoisotopic (exact) mass is 323 g/mol. The van der Waals surface area contributed by atoms with Crippen LogP contribution < -0.4 is 0 Å². The normalized spacial score (nSPS) is 11.7. The molecule has 0 amide bonds. The van der Waals surface area contributed by atoms with Gasteiger partial charge >= 0.3 is 5.97 Å². The Kier molecular flexibility index (Phi) is 4.40. The number of carboxylic acid groups (broad SMARTS) is 1. The standard InChI is InChI=1S/C14H10ClNO4S/c15-12-5-1-10(2-6-12)9-16-21(19,20)13-7-3-11(4-8-13)14(17)18/h1-9H,(H,17,18). The first-order valence-electron chi connectivity index (χ1n) is 5.78. The van der Waals surface area contributed by atoms with Crippen LogP contribution in [-0.4, -0.2) is 25.7 Å². The van der Waals surface area contributed by atoms with E-state index < -0.39 is 16.0 Å². The molecule has 0 aliphatic rings. The lowest BCUT2D eigenvalue weighted by atomic mass is 10.2. The van der Waals surface area contributed by atoms with Crippen molar-refractivity contribution >= 4 is 33.8 Å². The number of hydrogen-bond acceptors (Lipinski definition) is 3. The van der Waals surface area contributed by atoms with E-state index >= 15 is 0 Å². The third-order valence-corrected chi connectivity index (χ3v) is 4.11. The van der Waals surface area contributed by atoms with Crippen LogP contribution in [0.4, 0.5) is 0 Å². The summed E-state index contributed by atoms with van der Waals surface area (Å²) in [4.78, 5) is 10.6. The van der Waals surface area contributed by atoms with Gasteiger partial charge in [-0.05, 0) is 42.0 Å². The maximum absolute atomic E-state index is 12.0. The van der Waals surface area contributed by atoms with Crippen LogP contribution in [0.25, 0.3) is 0 Å². The van der Waals surface area contributed by atoms with Crippen molar-refractivity contribution in [2.75, 3.05) is 0 Å². The molecule has 2 aromatic rings. The van der Waals surface area contributed by atoms with Gasteiger partial charge in [-0.15, -0.1) is 0 Å². The molecular formula is C14H10ClNO4S. The number of carbonyl (C=O) groups is 1. The van der Waals surface area contributed by atoms with E-state index in [2.05, 4.69) is 4.40 Å². The number of sulfonamides is 1. The van der Waals surface area contributed by atoms with E-state index in [9.17, 15) is 13.2 Å². The summed E-state index contributed by atoms with van der Waals surface area (Å²) >= 11 is 5.73. The van der Waals surface area contributed by atoms with Crippen LogP contribution in [0.3, 0.4) is 0 Å². The fraction of sp³-hybridized carbons (Fsp3) is 0. The molecule has 5 nitrogen and oxygen atoms in total. The summed E-state index contributed by atoms with van der Waals surface area (Å²) in [5.41, 5.74) is 0.598. The molecule has 0 heterocycles. The molecule has 0 unspecified atom stereocenters. The first-order valence-corrected chi connectivity index (χ1v) is 7.59. The summed E-state index contributed by atoms with van der Waals surface area (Å²) in [7, 11) is -3.87. The fourth-order valence-electron chi connectivity index (χ4n) is 1.51. The molecule has 0 saturated heterocycles. The summed E-state index contributed by atoms with van der Waals surface area (Å²) in [5, 5.41) is 9.30. The number of rotatable bonds is 4. The second-order valence-corrected chi connectivity index (χ2v) is 6.16. The van der Waals surface area contributed by atoms with E-state index in [1.165, 1.54) is 30.5 Å². The number of hydrogen-bond donors (Lipinski definition) is 1. The minimum atomic E-state index is -3.87. The maximum Gasteiger partial charge on any atom is 0.335 e. The number of carboxylic acids is 1. The lowest BCUT2D eigenvalue weighted by Crippen LogP contribution is -2.00. The molecule has 2 aromatic carbocycles. The molecule has 0 aliphatic carbocycles. The third-order valence-electron chi connectivity index (χ3n) is 2.61. The summed E-state index contributed by atoms with van der Waals surface area (Å²) in [6.45, 7) is 0. The van der Waals surface area contributed by atoms with Gasteiger partial charge in [-0.3, -0.25) is 0 Å². The molecule has 1 N–H and O–H groups in total. The van der Waals surface area contributed by atoms with Gasteiger partial charge in [0.15, 0.2) is 0 Å². The van der Waals surface area contributed by atoms with E-state index in [0.717, 1.165) is 0 Å². The van der Waals surface area contributed by atoms with Crippen molar-refractivity contribution in [3.8, 4) is 0 Å². The summed E-state index contributed by atoms with van der Waals surface area (Å²) in [5.74, 6) is -1.12. The Morgan fingerprint density at radius 2 is 1.62 bits per heavy atom. The van der Waals surface area contributed by atoms with Crippen LogP contribution in [0.2, 0.25) is 5.02 Å². The third kappa shape index (κ3) is 3.90. The zero-order valence-corrected chi connectivity index (χ0v) is 12.2. The molecule has 0 spiro atoms. The first kappa shape index (κ1) is 15.2. The molecule has 0 atom stereocenters. The highest BCUT2D eigenvalue weighted by Crippen LogP contribution is 2.14. The molecule has 0 fully saturated rings. The van der Waals surface area contributed by atoms with E-state index in [1.54, 1.807) is 24.3 Å². The SMILES string of the molecule is O=C(O)c1ccc(S(=O)(=O)N=Cc2ccc(Cl)cc2)cc1. The maximum atomic E-state index is 12.0. The van der Waals surface area contributed by atoms with Crippen molar-refractivity contribution in [1.29, 1.82) is 0 Å². The van der Waals surface area contributed by atoms with Crippen LogP contribution in [0.5, 0.6) is 0 Å². The lowest BCUT2D eigenvalue weighted by Gasteiger charge is -2.00. The van der Waals surface area contributed by atoms with Gasteiger partial charge in [0.1, 0.15) is 0 Å². The topological polar surface area (TPSA) is 83.8 Å². The van der Waals surface area contributed by atoms with Gasteiger partial charge in [0, 0.05) is 11.2 Å². The Morgan fingerprint density at radius 3 is 2.14 bits per heavy atom. The molecular weight excluding hydrogens is 314 g/mol. The van der Waals surface area contributed by atoms with Crippen molar-refractivity contribution in [2.24, 2.45) is 4.40 Å². The molecule has 0 radical (unpaired) electrons. The van der Waals surface area contributed by atoms with E-state index in [4.69, 9.17) is 16.7 Å². The second kappa shape index (κ2) is 6.07. The van der Waals surface area contributed by atoms with E-state index in [0.29, 0.717) is 10.6 Å². The molecule has 0 saturated carbocycles. The minimum Gasteiger partial charge on any atom is -0.478 e. The van der Waals surface area contributed by atoms with Gasteiger partial charge in [-0.1, -0.05) is 23.7 Å². The molecule has 2 rings (SSSR count). The average Bonchev–Trinajstić information content (AvgIpc) is 2.47. The van der Waals surface area contributed by atoms with Crippen molar-refractivity contribution in [3.05, 3.63) is 64.7 Å². The Bertz CT molecular complexity index is 781. The quantitative estimate of drug-likeness (QED) is 0.877. The number of benzene rings is 2. The van der Waals surface area contributed by atoms with Crippen LogP contribution in [0.1, 0.15) is 15.9 Å². The highest BCUT2D eigenvalue weighted by molar-refractivity contribution is 7.90.